The third kappa shape index (κ3) is 3.48. The maximum absolute atomic E-state index is 12.4. The van der Waals surface area contributed by atoms with Crippen LogP contribution in [0.3, 0.4) is 0 Å². The molecule has 0 amide bonds. The van der Waals surface area contributed by atoms with Crippen molar-refractivity contribution in [2.75, 3.05) is 11.3 Å². The third-order valence-electron chi connectivity index (χ3n) is 3.08. The molecule has 0 fully saturated rings. The number of nitrogens with one attached hydrogen (secondary N) is 1. The summed E-state index contributed by atoms with van der Waals surface area (Å²) in [6.45, 7) is 3.84. The number of esters is 1. The van der Waals surface area contributed by atoms with Crippen molar-refractivity contribution in [1.82, 2.24) is 4.57 Å². The number of benzene rings is 1. The molecule has 0 aliphatic heterocycles. The van der Waals surface area contributed by atoms with E-state index in [-0.39, 0.29) is 17.2 Å². The number of aromatic nitrogens is 1. The molecular weight excluding hydrogens is 304 g/mol. The summed E-state index contributed by atoms with van der Waals surface area (Å²) in [5.74, 6) is -0.554. The summed E-state index contributed by atoms with van der Waals surface area (Å²) in [4.78, 5) is 11.8. The van der Waals surface area contributed by atoms with Crippen molar-refractivity contribution in [1.29, 1.82) is 0 Å². The van der Waals surface area contributed by atoms with Crippen LogP contribution in [-0.4, -0.2) is 25.6 Å². The Kier molecular flexibility index (Phi) is 4.56. The highest BCUT2D eigenvalue weighted by molar-refractivity contribution is 7.92. The van der Waals surface area contributed by atoms with E-state index in [1.54, 1.807) is 26.1 Å². The van der Waals surface area contributed by atoms with Gasteiger partial charge < -0.3 is 9.30 Å². The van der Waals surface area contributed by atoms with Gasteiger partial charge in [-0.3, -0.25) is 4.72 Å². The SMILES string of the molecule is CCOC(=O)c1cc(S(=O)(=O)Nc2ccc(C)cc2)cn1C. The molecule has 0 saturated carbocycles. The molecule has 1 heterocycles. The van der Waals surface area contributed by atoms with Crippen LogP contribution >= 0.6 is 0 Å². The first kappa shape index (κ1) is 16.1. The molecule has 0 aliphatic rings. The van der Waals surface area contributed by atoms with Gasteiger partial charge in [-0.2, -0.15) is 0 Å². The molecule has 7 heteroatoms. The normalized spacial score (nSPS) is 11.2. The quantitative estimate of drug-likeness (QED) is 0.857. The Bertz CT molecular complexity index is 776. The van der Waals surface area contributed by atoms with E-state index in [0.29, 0.717) is 5.69 Å². The summed E-state index contributed by atoms with van der Waals surface area (Å²) >= 11 is 0. The molecule has 0 bridgehead atoms. The summed E-state index contributed by atoms with van der Waals surface area (Å²) in [7, 11) is -2.16. The molecule has 118 valence electrons. The predicted octanol–water partition coefficient (Wildman–Crippen LogP) is 2.31. The smallest absolute Gasteiger partial charge is 0.354 e. The maximum Gasteiger partial charge on any atom is 0.354 e. The van der Waals surface area contributed by atoms with Crippen LogP contribution in [0.4, 0.5) is 5.69 Å². The van der Waals surface area contributed by atoms with E-state index in [1.165, 1.54) is 16.8 Å². The molecule has 0 atom stereocenters. The molecule has 0 aliphatic carbocycles. The van der Waals surface area contributed by atoms with Crippen LogP contribution in [-0.2, 0) is 21.8 Å². The predicted molar refractivity (Wildman–Crippen MR) is 83.4 cm³/mol. The highest BCUT2D eigenvalue weighted by Gasteiger charge is 2.21. The molecule has 1 aromatic carbocycles. The van der Waals surface area contributed by atoms with Crippen LogP contribution in [0.1, 0.15) is 23.0 Å². The fraction of sp³-hybridized carbons (Fsp3) is 0.267. The number of anilines is 1. The van der Waals surface area contributed by atoms with E-state index in [9.17, 15) is 13.2 Å². The van der Waals surface area contributed by atoms with Gasteiger partial charge in [0.25, 0.3) is 10.0 Å². The van der Waals surface area contributed by atoms with E-state index in [2.05, 4.69) is 4.72 Å². The van der Waals surface area contributed by atoms with Gasteiger partial charge in [-0.1, -0.05) is 17.7 Å². The van der Waals surface area contributed by atoms with Crippen molar-refractivity contribution in [2.24, 2.45) is 7.05 Å². The van der Waals surface area contributed by atoms with Crippen molar-refractivity contribution in [3.8, 4) is 0 Å². The molecule has 1 N–H and O–H groups in total. The van der Waals surface area contributed by atoms with E-state index < -0.39 is 16.0 Å². The molecule has 22 heavy (non-hydrogen) atoms. The fourth-order valence-electron chi connectivity index (χ4n) is 1.92. The van der Waals surface area contributed by atoms with Crippen molar-refractivity contribution in [3.63, 3.8) is 0 Å². The van der Waals surface area contributed by atoms with Gasteiger partial charge in [0.15, 0.2) is 0 Å². The minimum atomic E-state index is -3.75. The number of nitrogens with zero attached hydrogens (tertiary/aromatic N) is 1. The zero-order chi connectivity index (χ0) is 16.3. The van der Waals surface area contributed by atoms with Gasteiger partial charge in [0.05, 0.1) is 6.61 Å². The average Bonchev–Trinajstić information content (AvgIpc) is 2.84. The highest BCUT2D eigenvalue weighted by atomic mass is 32.2. The second kappa shape index (κ2) is 6.23. The van der Waals surface area contributed by atoms with Crippen molar-refractivity contribution >= 4 is 21.7 Å². The van der Waals surface area contributed by atoms with Gasteiger partial charge in [0.2, 0.25) is 0 Å². The molecule has 6 nitrogen and oxygen atoms in total. The summed E-state index contributed by atoms with van der Waals surface area (Å²) in [6.07, 6.45) is 1.38. The van der Waals surface area contributed by atoms with Crippen LogP contribution in [0.5, 0.6) is 0 Å². The summed E-state index contributed by atoms with van der Waals surface area (Å²) in [5, 5.41) is 0. The average molecular weight is 322 g/mol. The van der Waals surface area contributed by atoms with E-state index in [4.69, 9.17) is 4.74 Å². The molecular formula is C15H18N2O4S. The van der Waals surface area contributed by atoms with Crippen molar-refractivity contribution in [2.45, 2.75) is 18.7 Å². The topological polar surface area (TPSA) is 77.4 Å². The number of rotatable bonds is 5. The van der Waals surface area contributed by atoms with Crippen molar-refractivity contribution in [3.05, 3.63) is 47.8 Å². The zero-order valence-corrected chi connectivity index (χ0v) is 13.5. The minimum Gasteiger partial charge on any atom is -0.461 e. The molecule has 0 unspecified atom stereocenters. The van der Waals surface area contributed by atoms with Gasteiger partial charge >= 0.3 is 5.97 Å². The lowest BCUT2D eigenvalue weighted by molar-refractivity contribution is 0.0515. The Hall–Kier alpha value is -2.28. The first-order valence-electron chi connectivity index (χ1n) is 6.76. The van der Waals surface area contributed by atoms with Gasteiger partial charge in [0.1, 0.15) is 10.6 Å². The minimum absolute atomic E-state index is 0.0126. The third-order valence-corrected chi connectivity index (χ3v) is 4.43. The lowest BCUT2D eigenvalue weighted by Crippen LogP contribution is -2.12. The molecule has 0 spiro atoms. The maximum atomic E-state index is 12.4. The number of carbonyl (C=O) groups excluding carboxylic acids is 1. The van der Waals surface area contributed by atoms with Crippen LogP contribution in [0.25, 0.3) is 0 Å². The van der Waals surface area contributed by atoms with E-state index in [1.807, 2.05) is 19.1 Å². The highest BCUT2D eigenvalue weighted by Crippen LogP contribution is 2.19. The number of aryl methyl sites for hydroxylation is 2. The second-order valence-electron chi connectivity index (χ2n) is 4.86. The van der Waals surface area contributed by atoms with Crippen molar-refractivity contribution < 1.29 is 17.9 Å². The lowest BCUT2D eigenvalue weighted by Gasteiger charge is -2.06. The number of carbonyl (C=O) groups is 1. The van der Waals surface area contributed by atoms with Gasteiger partial charge in [-0.25, -0.2) is 13.2 Å². The molecule has 0 radical (unpaired) electrons. The Morgan fingerprint density at radius 1 is 1.27 bits per heavy atom. The van der Waals surface area contributed by atoms with Gasteiger partial charge in [-0.15, -0.1) is 0 Å². The van der Waals surface area contributed by atoms with Crippen LogP contribution in [0, 0.1) is 6.92 Å². The fourth-order valence-corrected chi connectivity index (χ4v) is 3.05. The largest absolute Gasteiger partial charge is 0.461 e. The first-order chi connectivity index (χ1) is 10.3. The summed E-state index contributed by atoms with van der Waals surface area (Å²) < 4.78 is 33.5. The summed E-state index contributed by atoms with van der Waals surface area (Å²) in [5.41, 5.74) is 1.69. The number of ether oxygens (including phenoxy) is 1. The monoisotopic (exact) mass is 322 g/mol. The number of hydrogen-bond donors (Lipinski definition) is 1. The Morgan fingerprint density at radius 2 is 1.91 bits per heavy atom. The van der Waals surface area contributed by atoms with E-state index >= 15 is 0 Å². The van der Waals surface area contributed by atoms with Gasteiger partial charge in [-0.05, 0) is 32.0 Å². The Labute approximate surface area is 129 Å². The molecule has 0 saturated heterocycles. The standard InChI is InChI=1S/C15H18N2O4S/c1-4-21-15(18)14-9-13(10-17(14)3)22(19,20)16-12-7-5-11(2)6-8-12/h5-10,16H,4H2,1-3H3. The van der Waals surface area contributed by atoms with Crippen LogP contribution in [0.15, 0.2) is 41.4 Å². The Morgan fingerprint density at radius 3 is 2.50 bits per heavy atom. The second-order valence-corrected chi connectivity index (χ2v) is 6.55. The number of hydrogen-bond acceptors (Lipinski definition) is 4. The lowest BCUT2D eigenvalue weighted by atomic mass is 10.2. The zero-order valence-electron chi connectivity index (χ0n) is 12.7. The van der Waals surface area contributed by atoms with E-state index in [0.717, 1.165) is 5.56 Å². The summed E-state index contributed by atoms with van der Waals surface area (Å²) in [6, 6.07) is 8.29. The van der Waals surface area contributed by atoms with Crippen LogP contribution in [0.2, 0.25) is 0 Å². The van der Waals surface area contributed by atoms with Crippen LogP contribution < -0.4 is 4.72 Å². The molecule has 1 aromatic heterocycles. The van der Waals surface area contributed by atoms with Gasteiger partial charge in [0, 0.05) is 18.9 Å². The Balaban J connectivity index is 2.28. The molecule has 2 aromatic rings. The molecule has 2 rings (SSSR count). The first-order valence-corrected chi connectivity index (χ1v) is 8.25. The number of sulfonamides is 1.